The van der Waals surface area contributed by atoms with Gasteiger partial charge in [-0.05, 0) is 30.3 Å². The maximum atomic E-state index is 4.48. The van der Waals surface area contributed by atoms with Crippen LogP contribution in [0.25, 0.3) is 31.4 Å². The number of rotatable bonds is 1. The Balaban J connectivity index is 2.17. The second kappa shape index (κ2) is 4.18. The van der Waals surface area contributed by atoms with Crippen molar-refractivity contribution in [3.05, 3.63) is 66.9 Å². The zero-order valence-electron chi connectivity index (χ0n) is 10.1. The molecule has 0 bridgehead atoms. The first-order valence-electron chi connectivity index (χ1n) is 6.17. The molecule has 0 saturated heterocycles. The lowest BCUT2D eigenvalue weighted by molar-refractivity contribution is 1.33. The van der Waals surface area contributed by atoms with Crippen LogP contribution in [0.3, 0.4) is 0 Å². The molecule has 1 radical (unpaired) electrons. The summed E-state index contributed by atoms with van der Waals surface area (Å²) in [5.41, 5.74) is 2.21. The van der Waals surface area contributed by atoms with Gasteiger partial charge in [-0.15, -0.1) is 11.3 Å². The molecule has 0 saturated carbocycles. The monoisotopic (exact) mass is 260 g/mol. The quantitative estimate of drug-likeness (QED) is 0.473. The molecule has 2 heterocycles. The highest BCUT2D eigenvalue weighted by molar-refractivity contribution is 7.25. The van der Waals surface area contributed by atoms with E-state index in [1.807, 2.05) is 41.8 Å². The van der Waals surface area contributed by atoms with Gasteiger partial charge in [0, 0.05) is 31.9 Å². The number of fused-ring (bicyclic) bond motifs is 3. The summed E-state index contributed by atoms with van der Waals surface area (Å²) in [7, 11) is 0. The van der Waals surface area contributed by atoms with Gasteiger partial charge in [-0.25, -0.2) is 0 Å². The number of hydrogen-bond acceptors (Lipinski definition) is 2. The topological polar surface area (TPSA) is 12.9 Å². The van der Waals surface area contributed by atoms with Crippen LogP contribution in [0, 0.1) is 6.07 Å². The predicted molar refractivity (Wildman–Crippen MR) is 81.4 cm³/mol. The molecule has 0 aliphatic carbocycles. The van der Waals surface area contributed by atoms with Gasteiger partial charge in [0.15, 0.2) is 0 Å². The van der Waals surface area contributed by atoms with E-state index in [4.69, 9.17) is 0 Å². The van der Waals surface area contributed by atoms with Gasteiger partial charge in [0.25, 0.3) is 0 Å². The molecule has 0 fully saturated rings. The lowest BCUT2D eigenvalue weighted by Gasteiger charge is -2.03. The molecule has 0 spiro atoms. The summed E-state index contributed by atoms with van der Waals surface area (Å²) < 4.78 is 2.57. The molecule has 0 aliphatic heterocycles. The van der Waals surface area contributed by atoms with Crippen molar-refractivity contribution in [2.75, 3.05) is 0 Å². The zero-order chi connectivity index (χ0) is 12.7. The number of pyridine rings is 1. The number of aromatic nitrogens is 1. The minimum absolute atomic E-state index is 1.02. The first-order chi connectivity index (χ1) is 9.43. The Kier molecular flexibility index (Phi) is 2.35. The van der Waals surface area contributed by atoms with Crippen molar-refractivity contribution in [1.82, 2.24) is 4.98 Å². The molecule has 2 aromatic heterocycles. The van der Waals surface area contributed by atoms with Gasteiger partial charge in [-0.3, -0.25) is 4.98 Å². The summed E-state index contributed by atoms with van der Waals surface area (Å²) in [6.07, 6.45) is 1.84. The van der Waals surface area contributed by atoms with Gasteiger partial charge in [0.1, 0.15) is 0 Å². The fourth-order valence-electron chi connectivity index (χ4n) is 2.43. The van der Waals surface area contributed by atoms with Crippen LogP contribution in [0.4, 0.5) is 0 Å². The molecule has 19 heavy (non-hydrogen) atoms. The van der Waals surface area contributed by atoms with Crippen LogP contribution in [0.15, 0.2) is 60.8 Å². The molecule has 0 N–H and O–H groups in total. The van der Waals surface area contributed by atoms with Gasteiger partial charge in [-0.2, -0.15) is 0 Å². The maximum absolute atomic E-state index is 4.48. The van der Waals surface area contributed by atoms with Gasteiger partial charge in [0.05, 0.1) is 5.69 Å². The molecular weight excluding hydrogens is 250 g/mol. The van der Waals surface area contributed by atoms with Crippen molar-refractivity contribution >= 4 is 31.5 Å². The molecule has 0 unspecified atom stereocenters. The first-order valence-corrected chi connectivity index (χ1v) is 6.98. The molecule has 0 amide bonds. The van der Waals surface area contributed by atoms with Gasteiger partial charge in [-0.1, -0.05) is 30.3 Å². The van der Waals surface area contributed by atoms with Crippen LogP contribution in [-0.4, -0.2) is 4.98 Å². The van der Waals surface area contributed by atoms with E-state index in [2.05, 4.69) is 41.4 Å². The van der Waals surface area contributed by atoms with Crippen LogP contribution < -0.4 is 0 Å². The lowest BCUT2D eigenvalue weighted by atomic mass is 10.0. The largest absolute Gasteiger partial charge is 0.256 e. The SMILES string of the molecule is [c]1cccc2sc3cccc(-c4ccccn4)c3c12. The molecule has 2 aromatic carbocycles. The zero-order valence-corrected chi connectivity index (χ0v) is 10.9. The van der Waals surface area contributed by atoms with Gasteiger partial charge < -0.3 is 0 Å². The smallest absolute Gasteiger partial charge is 0.0708 e. The highest BCUT2D eigenvalue weighted by atomic mass is 32.1. The molecular formula is C17H10NS. The fraction of sp³-hybridized carbons (Fsp3) is 0. The third kappa shape index (κ3) is 1.65. The molecule has 4 aromatic rings. The van der Waals surface area contributed by atoms with E-state index in [9.17, 15) is 0 Å². The third-order valence-corrected chi connectivity index (χ3v) is 4.38. The molecule has 0 aliphatic rings. The average Bonchev–Trinajstić information content (AvgIpc) is 2.86. The number of thiophene rings is 1. The van der Waals surface area contributed by atoms with E-state index in [0.717, 1.165) is 5.69 Å². The maximum Gasteiger partial charge on any atom is 0.0708 e. The second-order valence-electron chi connectivity index (χ2n) is 4.41. The van der Waals surface area contributed by atoms with Crippen molar-refractivity contribution in [3.8, 4) is 11.3 Å². The molecule has 4 rings (SSSR count). The Morgan fingerprint density at radius 1 is 0.895 bits per heavy atom. The summed E-state index contributed by atoms with van der Waals surface area (Å²) in [6.45, 7) is 0. The average molecular weight is 260 g/mol. The van der Waals surface area contributed by atoms with E-state index < -0.39 is 0 Å². The normalized spacial score (nSPS) is 11.2. The summed E-state index contributed by atoms with van der Waals surface area (Å²) in [5.74, 6) is 0. The van der Waals surface area contributed by atoms with Crippen molar-refractivity contribution in [1.29, 1.82) is 0 Å². The van der Waals surface area contributed by atoms with E-state index in [0.29, 0.717) is 0 Å². The number of nitrogens with zero attached hydrogens (tertiary/aromatic N) is 1. The van der Waals surface area contributed by atoms with Crippen LogP contribution in [0.1, 0.15) is 0 Å². The first kappa shape index (κ1) is 10.7. The Bertz CT molecular complexity index is 862. The van der Waals surface area contributed by atoms with E-state index in [-0.39, 0.29) is 0 Å². The fourth-order valence-corrected chi connectivity index (χ4v) is 3.54. The third-order valence-electron chi connectivity index (χ3n) is 3.25. The van der Waals surface area contributed by atoms with Crippen LogP contribution >= 0.6 is 11.3 Å². The van der Waals surface area contributed by atoms with Crippen molar-refractivity contribution in [2.24, 2.45) is 0 Å². The summed E-state index contributed by atoms with van der Waals surface area (Å²) in [5, 5.41) is 2.46. The Morgan fingerprint density at radius 2 is 1.84 bits per heavy atom. The number of hydrogen-bond donors (Lipinski definition) is 0. The van der Waals surface area contributed by atoms with Crippen LogP contribution in [-0.2, 0) is 0 Å². The number of benzene rings is 2. The van der Waals surface area contributed by atoms with Crippen LogP contribution in [0.5, 0.6) is 0 Å². The van der Waals surface area contributed by atoms with E-state index >= 15 is 0 Å². The molecule has 0 atom stereocenters. The Morgan fingerprint density at radius 3 is 2.74 bits per heavy atom. The summed E-state index contributed by atoms with van der Waals surface area (Å²) in [6, 6.07) is 22.0. The van der Waals surface area contributed by atoms with Crippen molar-refractivity contribution in [2.45, 2.75) is 0 Å². The highest BCUT2D eigenvalue weighted by Crippen LogP contribution is 2.38. The summed E-state index contributed by atoms with van der Waals surface area (Å²) >= 11 is 1.81. The molecule has 1 nitrogen and oxygen atoms in total. The minimum atomic E-state index is 1.02. The van der Waals surface area contributed by atoms with E-state index in [1.165, 1.54) is 25.7 Å². The Labute approximate surface area is 115 Å². The van der Waals surface area contributed by atoms with Crippen LogP contribution in [0.2, 0.25) is 0 Å². The van der Waals surface area contributed by atoms with Crippen molar-refractivity contribution < 1.29 is 0 Å². The van der Waals surface area contributed by atoms with E-state index in [1.54, 1.807) is 0 Å². The Hall–Kier alpha value is -2.19. The summed E-state index contributed by atoms with van der Waals surface area (Å²) in [4.78, 5) is 4.48. The second-order valence-corrected chi connectivity index (χ2v) is 5.49. The van der Waals surface area contributed by atoms with Gasteiger partial charge in [0.2, 0.25) is 0 Å². The minimum Gasteiger partial charge on any atom is -0.256 e. The lowest BCUT2D eigenvalue weighted by Crippen LogP contribution is -1.82. The highest BCUT2D eigenvalue weighted by Gasteiger charge is 2.10. The molecule has 89 valence electrons. The van der Waals surface area contributed by atoms with Gasteiger partial charge >= 0.3 is 0 Å². The standard InChI is InChI=1S/C17H10NS/c1-2-9-15-13(6-1)17-12(7-5-10-16(17)19-15)14-8-3-4-11-18-14/h1-5,7-11H. The predicted octanol–water partition coefficient (Wildman–Crippen LogP) is 4.92. The van der Waals surface area contributed by atoms with Crippen molar-refractivity contribution in [3.63, 3.8) is 0 Å². The molecule has 2 heteroatoms.